The molecule has 0 heterocycles. The van der Waals surface area contributed by atoms with Crippen LogP contribution in [0.4, 0.5) is 5.69 Å². The number of halogens is 2. The van der Waals surface area contributed by atoms with Crippen LogP contribution in [0.25, 0.3) is 0 Å². The second-order valence-electron chi connectivity index (χ2n) is 4.09. The number of nitrogens with one attached hydrogen (secondary N) is 1. The Bertz CT molecular complexity index is 611. The Labute approximate surface area is 129 Å². The Morgan fingerprint density at radius 3 is 2.63 bits per heavy atom. The van der Waals surface area contributed by atoms with Crippen LogP contribution in [-0.4, -0.2) is 5.91 Å². The zero-order valence-corrected chi connectivity index (χ0v) is 13.6. The summed E-state index contributed by atoms with van der Waals surface area (Å²) >= 11 is 6.78. The monoisotopic (exact) mass is 381 g/mol. The van der Waals surface area contributed by atoms with Crippen molar-refractivity contribution in [2.45, 2.75) is 13.3 Å². The third-order valence-corrected chi connectivity index (χ3v) is 4.00. The molecule has 0 aliphatic carbocycles. The first-order valence-corrected chi connectivity index (χ1v) is 7.54. The lowest BCUT2D eigenvalue weighted by Gasteiger charge is -2.10. The molecule has 1 N–H and O–H groups in total. The van der Waals surface area contributed by atoms with Gasteiger partial charge in [-0.15, -0.1) is 0 Å². The largest absolute Gasteiger partial charge is 0.322 e. The van der Waals surface area contributed by atoms with Crippen LogP contribution in [0.15, 0.2) is 51.4 Å². The molecule has 0 spiro atoms. The average Bonchev–Trinajstić information content (AvgIpc) is 2.42. The third kappa shape index (κ3) is 3.45. The van der Waals surface area contributed by atoms with E-state index < -0.39 is 0 Å². The Hall–Kier alpha value is -1.13. The highest BCUT2D eigenvalue weighted by Crippen LogP contribution is 2.23. The van der Waals surface area contributed by atoms with Crippen molar-refractivity contribution in [3.63, 3.8) is 0 Å². The predicted molar refractivity (Wildman–Crippen MR) is 85.6 cm³/mol. The first-order chi connectivity index (χ1) is 9.11. The molecule has 0 atom stereocenters. The second-order valence-corrected chi connectivity index (χ2v) is 5.86. The zero-order chi connectivity index (χ0) is 13.8. The minimum atomic E-state index is -0.117. The number of hydrogen-bond donors (Lipinski definition) is 1. The van der Waals surface area contributed by atoms with Gasteiger partial charge in [-0.1, -0.05) is 41.1 Å². The van der Waals surface area contributed by atoms with Gasteiger partial charge in [-0.25, -0.2) is 0 Å². The molecule has 0 aliphatic heterocycles. The summed E-state index contributed by atoms with van der Waals surface area (Å²) in [7, 11) is 0. The Morgan fingerprint density at radius 2 is 1.89 bits per heavy atom. The minimum absolute atomic E-state index is 0.117. The van der Waals surface area contributed by atoms with E-state index in [1.54, 1.807) is 6.07 Å². The summed E-state index contributed by atoms with van der Waals surface area (Å²) < 4.78 is 1.66. The number of aryl methyl sites for hydroxylation is 1. The normalized spacial score (nSPS) is 10.3. The van der Waals surface area contributed by atoms with Crippen molar-refractivity contribution in [1.29, 1.82) is 0 Å². The van der Waals surface area contributed by atoms with Crippen molar-refractivity contribution in [2.75, 3.05) is 5.32 Å². The molecule has 98 valence electrons. The van der Waals surface area contributed by atoms with Gasteiger partial charge in [-0.3, -0.25) is 4.79 Å². The number of benzene rings is 2. The van der Waals surface area contributed by atoms with Gasteiger partial charge in [-0.2, -0.15) is 0 Å². The van der Waals surface area contributed by atoms with Gasteiger partial charge in [0.1, 0.15) is 0 Å². The highest BCUT2D eigenvalue weighted by Gasteiger charge is 2.12. The van der Waals surface area contributed by atoms with Gasteiger partial charge in [0.2, 0.25) is 0 Å². The standard InChI is InChI=1S/C15H13Br2NO/c1-2-10-5-3-4-6-14(10)18-15(19)12-9-11(16)7-8-13(12)17/h3-9H,2H2,1H3,(H,18,19). The third-order valence-electron chi connectivity index (χ3n) is 2.82. The molecule has 0 aliphatic rings. The first kappa shape index (κ1) is 14.3. The number of rotatable bonds is 3. The van der Waals surface area contributed by atoms with Crippen molar-refractivity contribution in [3.05, 3.63) is 62.5 Å². The van der Waals surface area contributed by atoms with Crippen LogP contribution in [0.1, 0.15) is 22.8 Å². The Morgan fingerprint density at radius 1 is 1.16 bits per heavy atom. The van der Waals surface area contributed by atoms with Crippen molar-refractivity contribution in [2.24, 2.45) is 0 Å². The molecular weight excluding hydrogens is 370 g/mol. The van der Waals surface area contributed by atoms with Crippen molar-refractivity contribution >= 4 is 43.5 Å². The molecule has 1 amide bonds. The number of amides is 1. The van der Waals surface area contributed by atoms with Crippen LogP contribution >= 0.6 is 31.9 Å². The highest BCUT2D eigenvalue weighted by atomic mass is 79.9. The van der Waals surface area contributed by atoms with Crippen LogP contribution in [-0.2, 0) is 6.42 Å². The minimum Gasteiger partial charge on any atom is -0.322 e. The van der Waals surface area contributed by atoms with Crippen LogP contribution < -0.4 is 5.32 Å². The smallest absolute Gasteiger partial charge is 0.256 e. The van der Waals surface area contributed by atoms with Gasteiger partial charge in [0.15, 0.2) is 0 Å². The molecule has 0 aromatic heterocycles. The highest BCUT2D eigenvalue weighted by molar-refractivity contribution is 9.11. The zero-order valence-electron chi connectivity index (χ0n) is 10.4. The summed E-state index contributed by atoms with van der Waals surface area (Å²) in [5.74, 6) is -0.117. The van der Waals surface area contributed by atoms with E-state index >= 15 is 0 Å². The lowest BCUT2D eigenvalue weighted by Crippen LogP contribution is -2.13. The number of anilines is 1. The molecule has 19 heavy (non-hydrogen) atoms. The van der Waals surface area contributed by atoms with E-state index in [4.69, 9.17) is 0 Å². The van der Waals surface area contributed by atoms with E-state index in [0.29, 0.717) is 5.56 Å². The summed E-state index contributed by atoms with van der Waals surface area (Å²) in [6, 6.07) is 13.4. The summed E-state index contributed by atoms with van der Waals surface area (Å²) in [5.41, 5.74) is 2.60. The molecule has 0 radical (unpaired) electrons. The molecule has 0 unspecified atom stereocenters. The number of carbonyl (C=O) groups excluding carboxylic acids is 1. The maximum Gasteiger partial charge on any atom is 0.256 e. The number of para-hydroxylation sites is 1. The summed E-state index contributed by atoms with van der Waals surface area (Å²) in [4.78, 5) is 12.3. The fraction of sp³-hybridized carbons (Fsp3) is 0.133. The van der Waals surface area contributed by atoms with Gasteiger partial charge in [0, 0.05) is 14.6 Å². The van der Waals surface area contributed by atoms with Crippen molar-refractivity contribution < 1.29 is 4.79 Å². The Kier molecular flexibility index (Phi) is 4.77. The molecular formula is C15H13Br2NO. The number of carbonyl (C=O) groups is 1. The first-order valence-electron chi connectivity index (χ1n) is 5.96. The molecule has 2 aromatic carbocycles. The maximum absolute atomic E-state index is 12.3. The molecule has 4 heteroatoms. The Balaban J connectivity index is 2.28. The lowest BCUT2D eigenvalue weighted by atomic mass is 10.1. The fourth-order valence-electron chi connectivity index (χ4n) is 1.81. The van der Waals surface area contributed by atoms with E-state index in [-0.39, 0.29) is 5.91 Å². The number of hydrogen-bond acceptors (Lipinski definition) is 1. The molecule has 2 nitrogen and oxygen atoms in total. The molecule has 0 bridgehead atoms. The molecule has 0 fully saturated rings. The summed E-state index contributed by atoms with van der Waals surface area (Å²) in [6.07, 6.45) is 0.885. The van der Waals surface area contributed by atoms with Gasteiger partial charge < -0.3 is 5.32 Å². The van der Waals surface area contributed by atoms with Crippen LogP contribution in [0.5, 0.6) is 0 Å². The summed E-state index contributed by atoms with van der Waals surface area (Å²) in [6.45, 7) is 2.07. The fourth-order valence-corrected chi connectivity index (χ4v) is 2.60. The van der Waals surface area contributed by atoms with E-state index in [1.165, 1.54) is 0 Å². The molecule has 2 rings (SSSR count). The van der Waals surface area contributed by atoms with Gasteiger partial charge >= 0.3 is 0 Å². The quantitative estimate of drug-likeness (QED) is 0.792. The van der Waals surface area contributed by atoms with E-state index in [9.17, 15) is 4.79 Å². The molecule has 2 aromatic rings. The van der Waals surface area contributed by atoms with Gasteiger partial charge in [-0.05, 0) is 52.2 Å². The van der Waals surface area contributed by atoms with Crippen molar-refractivity contribution in [1.82, 2.24) is 0 Å². The van der Waals surface area contributed by atoms with Gasteiger partial charge in [0.25, 0.3) is 5.91 Å². The maximum atomic E-state index is 12.3. The topological polar surface area (TPSA) is 29.1 Å². The molecule has 0 saturated heterocycles. The van der Waals surface area contributed by atoms with E-state index in [0.717, 1.165) is 26.6 Å². The van der Waals surface area contributed by atoms with Gasteiger partial charge in [0.05, 0.1) is 5.56 Å². The summed E-state index contributed by atoms with van der Waals surface area (Å²) in [5, 5.41) is 2.96. The van der Waals surface area contributed by atoms with Crippen molar-refractivity contribution in [3.8, 4) is 0 Å². The SMILES string of the molecule is CCc1ccccc1NC(=O)c1cc(Br)ccc1Br. The van der Waals surface area contributed by atoms with Crippen LogP contribution in [0.3, 0.4) is 0 Å². The molecule has 0 saturated carbocycles. The lowest BCUT2D eigenvalue weighted by molar-refractivity contribution is 0.102. The van der Waals surface area contributed by atoms with Crippen LogP contribution in [0, 0.1) is 0 Å². The average molecular weight is 383 g/mol. The second kappa shape index (κ2) is 6.35. The van der Waals surface area contributed by atoms with E-state index in [1.807, 2.05) is 36.4 Å². The van der Waals surface area contributed by atoms with Crippen LogP contribution in [0.2, 0.25) is 0 Å². The van der Waals surface area contributed by atoms with E-state index in [2.05, 4.69) is 44.1 Å². The predicted octanol–water partition coefficient (Wildman–Crippen LogP) is 5.03.